The fourth-order valence-electron chi connectivity index (χ4n) is 3.85. The van der Waals surface area contributed by atoms with Gasteiger partial charge in [-0.25, -0.2) is 0 Å². The van der Waals surface area contributed by atoms with E-state index in [1.165, 1.54) is 70.6 Å². The van der Waals surface area contributed by atoms with Crippen molar-refractivity contribution in [2.75, 3.05) is 6.61 Å². The average Bonchev–Trinajstić information content (AvgIpc) is 2.78. The van der Waals surface area contributed by atoms with Crippen molar-refractivity contribution >= 4 is 11.9 Å². The van der Waals surface area contributed by atoms with Gasteiger partial charge < -0.3 is 9.47 Å². The molecule has 4 nitrogen and oxygen atoms in total. The molecule has 0 aromatic rings. The lowest BCUT2D eigenvalue weighted by molar-refractivity contribution is -0.150. The van der Waals surface area contributed by atoms with E-state index in [-0.39, 0.29) is 18.0 Å². The predicted molar refractivity (Wildman–Crippen MR) is 139 cm³/mol. The van der Waals surface area contributed by atoms with Gasteiger partial charge in [0, 0.05) is 12.8 Å². The van der Waals surface area contributed by atoms with Gasteiger partial charge in [0.15, 0.2) is 0 Å². The Bertz CT molecular complexity index is 447. The highest BCUT2D eigenvalue weighted by molar-refractivity contribution is 5.69. The maximum atomic E-state index is 11.8. The molecular weight excluding hydrogens is 412 g/mol. The van der Waals surface area contributed by atoms with Gasteiger partial charge in [0.05, 0.1) is 6.61 Å². The lowest BCUT2D eigenvalue weighted by Gasteiger charge is -2.16. The van der Waals surface area contributed by atoms with E-state index in [4.69, 9.17) is 9.47 Å². The molecule has 0 aromatic carbocycles. The highest BCUT2D eigenvalue weighted by Crippen LogP contribution is 2.13. The summed E-state index contributed by atoms with van der Waals surface area (Å²) in [5, 5.41) is 0. The van der Waals surface area contributed by atoms with Crippen molar-refractivity contribution < 1.29 is 19.1 Å². The molecule has 0 rings (SSSR count). The Morgan fingerprint density at radius 1 is 0.545 bits per heavy atom. The van der Waals surface area contributed by atoms with Crippen molar-refractivity contribution in [3.8, 4) is 0 Å². The van der Waals surface area contributed by atoms with Crippen LogP contribution < -0.4 is 0 Å². The minimum absolute atomic E-state index is 0.00280. The van der Waals surface area contributed by atoms with E-state index in [0.717, 1.165) is 44.9 Å². The molecule has 0 bridgehead atoms. The molecular formula is C29H56O4. The molecule has 33 heavy (non-hydrogen) atoms. The van der Waals surface area contributed by atoms with Crippen LogP contribution in [-0.2, 0) is 19.1 Å². The number of hydrogen-bond acceptors (Lipinski definition) is 4. The van der Waals surface area contributed by atoms with E-state index in [1.54, 1.807) is 0 Å². The number of ether oxygens (including phenoxy) is 2. The third-order valence-corrected chi connectivity index (χ3v) is 6.53. The lowest BCUT2D eigenvalue weighted by Crippen LogP contribution is -2.19. The molecule has 1 unspecified atom stereocenters. The quantitative estimate of drug-likeness (QED) is 0.105. The van der Waals surface area contributed by atoms with Crippen LogP contribution >= 0.6 is 0 Å². The Morgan fingerprint density at radius 2 is 0.939 bits per heavy atom. The highest BCUT2D eigenvalue weighted by atomic mass is 16.5. The first-order valence-corrected chi connectivity index (χ1v) is 14.3. The summed E-state index contributed by atoms with van der Waals surface area (Å²) >= 11 is 0. The number of carbonyl (C=O) groups excluding carboxylic acids is 2. The van der Waals surface area contributed by atoms with Crippen molar-refractivity contribution in [3.05, 3.63) is 0 Å². The van der Waals surface area contributed by atoms with Crippen LogP contribution in [0.3, 0.4) is 0 Å². The number of carbonyl (C=O) groups is 2. The third-order valence-electron chi connectivity index (χ3n) is 6.53. The molecule has 0 N–H and O–H groups in total. The molecule has 0 fully saturated rings. The first kappa shape index (κ1) is 31.9. The first-order valence-electron chi connectivity index (χ1n) is 14.3. The van der Waals surface area contributed by atoms with Gasteiger partial charge in [-0.15, -0.1) is 0 Å². The van der Waals surface area contributed by atoms with Crippen molar-refractivity contribution in [2.45, 2.75) is 162 Å². The summed E-state index contributed by atoms with van der Waals surface area (Å²) in [6, 6.07) is 0. The summed E-state index contributed by atoms with van der Waals surface area (Å²) < 4.78 is 10.7. The maximum absolute atomic E-state index is 11.8. The van der Waals surface area contributed by atoms with Gasteiger partial charge in [-0.1, -0.05) is 117 Å². The van der Waals surface area contributed by atoms with Gasteiger partial charge in [-0.05, 0) is 32.1 Å². The second kappa shape index (κ2) is 24.1. The topological polar surface area (TPSA) is 52.6 Å². The van der Waals surface area contributed by atoms with Gasteiger partial charge in [0.2, 0.25) is 0 Å². The van der Waals surface area contributed by atoms with Crippen LogP contribution in [0.1, 0.15) is 156 Å². The number of esters is 2. The Kier molecular flexibility index (Phi) is 23.3. The lowest BCUT2D eigenvalue weighted by atomic mass is 10.1. The van der Waals surface area contributed by atoms with Crippen LogP contribution in [-0.4, -0.2) is 24.6 Å². The van der Waals surface area contributed by atoms with Crippen molar-refractivity contribution in [3.63, 3.8) is 0 Å². The van der Waals surface area contributed by atoms with E-state index < -0.39 is 0 Å². The molecule has 0 aliphatic rings. The molecule has 0 aromatic heterocycles. The maximum Gasteiger partial charge on any atom is 0.306 e. The Hall–Kier alpha value is -1.06. The molecule has 0 heterocycles. The Labute approximate surface area is 206 Å². The molecule has 0 radical (unpaired) electrons. The van der Waals surface area contributed by atoms with Gasteiger partial charge in [0.1, 0.15) is 6.10 Å². The second-order valence-corrected chi connectivity index (χ2v) is 10.2. The summed E-state index contributed by atoms with van der Waals surface area (Å²) in [4.78, 5) is 23.5. The van der Waals surface area contributed by atoms with Crippen LogP contribution in [0.5, 0.6) is 0 Å². The zero-order valence-corrected chi connectivity index (χ0v) is 22.6. The SMILES string of the molecule is CCCCCCCCCCCCCCOC(=O)CCCCCCCCC(=O)OC(C)C(C)C. The molecule has 0 spiro atoms. The van der Waals surface area contributed by atoms with Crippen molar-refractivity contribution in [1.82, 2.24) is 0 Å². The number of unbranched alkanes of at least 4 members (excludes halogenated alkanes) is 16. The molecule has 0 saturated heterocycles. The summed E-state index contributed by atoms with van der Waals surface area (Å²) in [7, 11) is 0. The zero-order chi connectivity index (χ0) is 24.6. The van der Waals surface area contributed by atoms with Crippen LogP contribution in [0.25, 0.3) is 0 Å². The predicted octanol–water partition coefficient (Wildman–Crippen LogP) is 8.94. The monoisotopic (exact) mass is 468 g/mol. The van der Waals surface area contributed by atoms with Gasteiger partial charge in [0.25, 0.3) is 0 Å². The first-order chi connectivity index (χ1) is 16.0. The molecule has 196 valence electrons. The minimum atomic E-state index is -0.0767. The molecule has 4 heteroatoms. The van der Waals surface area contributed by atoms with Crippen molar-refractivity contribution in [2.24, 2.45) is 5.92 Å². The fraction of sp³-hybridized carbons (Fsp3) is 0.931. The fourth-order valence-corrected chi connectivity index (χ4v) is 3.85. The van der Waals surface area contributed by atoms with Gasteiger partial charge >= 0.3 is 11.9 Å². The molecule has 0 saturated carbocycles. The van der Waals surface area contributed by atoms with Crippen LogP contribution in [0.4, 0.5) is 0 Å². The summed E-state index contributed by atoms with van der Waals surface area (Å²) in [5.41, 5.74) is 0. The third kappa shape index (κ3) is 23.9. The standard InChI is InChI=1S/C29H56O4/c1-5-6-7-8-9-10-11-12-13-16-19-22-25-32-28(30)23-20-17-14-15-18-21-24-29(31)33-27(4)26(2)3/h26-27H,5-25H2,1-4H3. The van der Waals surface area contributed by atoms with Crippen LogP contribution in [0.2, 0.25) is 0 Å². The minimum Gasteiger partial charge on any atom is -0.466 e. The average molecular weight is 469 g/mol. The van der Waals surface area contributed by atoms with Gasteiger partial charge in [-0.3, -0.25) is 9.59 Å². The number of rotatable bonds is 24. The largest absolute Gasteiger partial charge is 0.466 e. The second-order valence-electron chi connectivity index (χ2n) is 10.2. The molecule has 0 amide bonds. The Morgan fingerprint density at radius 3 is 1.39 bits per heavy atom. The summed E-state index contributed by atoms with van der Waals surface area (Å²) in [6.45, 7) is 8.93. The van der Waals surface area contributed by atoms with Crippen molar-refractivity contribution in [1.29, 1.82) is 0 Å². The molecule has 1 atom stereocenters. The van der Waals surface area contributed by atoms with E-state index in [9.17, 15) is 9.59 Å². The summed E-state index contributed by atoms with van der Waals surface area (Å²) in [6.07, 6.45) is 23.0. The molecule has 0 aliphatic carbocycles. The van der Waals surface area contributed by atoms with Gasteiger partial charge in [-0.2, -0.15) is 0 Å². The van der Waals surface area contributed by atoms with E-state index >= 15 is 0 Å². The Balaban J connectivity index is 3.29. The van der Waals surface area contributed by atoms with E-state index in [1.807, 2.05) is 6.92 Å². The number of hydrogen-bond donors (Lipinski definition) is 0. The smallest absolute Gasteiger partial charge is 0.306 e. The van der Waals surface area contributed by atoms with E-state index in [0.29, 0.717) is 25.4 Å². The summed E-state index contributed by atoms with van der Waals surface area (Å²) in [5.74, 6) is 0.248. The normalized spacial score (nSPS) is 12.2. The molecule has 0 aliphatic heterocycles. The zero-order valence-electron chi connectivity index (χ0n) is 22.6. The van der Waals surface area contributed by atoms with E-state index in [2.05, 4.69) is 20.8 Å². The van der Waals surface area contributed by atoms with Crippen LogP contribution in [0, 0.1) is 5.92 Å². The highest BCUT2D eigenvalue weighted by Gasteiger charge is 2.12. The van der Waals surface area contributed by atoms with Crippen LogP contribution in [0.15, 0.2) is 0 Å².